The highest BCUT2D eigenvalue weighted by Gasteiger charge is 2.43. The number of hydrogen-bond acceptors (Lipinski definition) is 0. The molecule has 0 nitrogen and oxygen atoms in total. The fraction of sp³-hybridized carbons (Fsp3) is 0.800. The SMILES string of the molecule is CC1(C2CC=CCC2)CC1. The van der Waals surface area contributed by atoms with Crippen LogP contribution in [-0.2, 0) is 0 Å². The molecule has 0 aromatic carbocycles. The van der Waals surface area contributed by atoms with Gasteiger partial charge in [-0.15, -0.1) is 0 Å². The van der Waals surface area contributed by atoms with Gasteiger partial charge in [0.2, 0.25) is 0 Å². The summed E-state index contributed by atoms with van der Waals surface area (Å²) in [7, 11) is 0. The van der Waals surface area contributed by atoms with Gasteiger partial charge in [-0.3, -0.25) is 0 Å². The van der Waals surface area contributed by atoms with Crippen molar-refractivity contribution in [1.29, 1.82) is 0 Å². The minimum absolute atomic E-state index is 0.769. The molecule has 2 rings (SSSR count). The molecule has 0 spiro atoms. The second-order valence-electron chi connectivity index (χ2n) is 4.14. The second-order valence-corrected chi connectivity index (χ2v) is 4.14. The van der Waals surface area contributed by atoms with E-state index in [0.29, 0.717) is 0 Å². The van der Waals surface area contributed by atoms with E-state index in [1.165, 1.54) is 32.1 Å². The standard InChI is InChI=1S/C10H16/c1-10(7-8-10)9-5-3-2-4-6-9/h2-3,9H,4-8H2,1H3. The lowest BCUT2D eigenvalue weighted by Gasteiger charge is -2.23. The predicted molar refractivity (Wildman–Crippen MR) is 43.8 cm³/mol. The molecule has 0 N–H and O–H groups in total. The topological polar surface area (TPSA) is 0 Å². The highest BCUT2D eigenvalue weighted by Crippen LogP contribution is 2.54. The van der Waals surface area contributed by atoms with Crippen molar-refractivity contribution in [1.82, 2.24) is 0 Å². The van der Waals surface area contributed by atoms with Gasteiger partial charge in [0.15, 0.2) is 0 Å². The summed E-state index contributed by atoms with van der Waals surface area (Å²) in [4.78, 5) is 0. The first kappa shape index (κ1) is 6.45. The minimum Gasteiger partial charge on any atom is -0.0885 e. The lowest BCUT2D eigenvalue weighted by atomic mass is 9.82. The molecule has 2 aliphatic rings. The molecule has 1 unspecified atom stereocenters. The van der Waals surface area contributed by atoms with Crippen LogP contribution in [0, 0.1) is 11.3 Å². The van der Waals surface area contributed by atoms with Crippen molar-refractivity contribution < 1.29 is 0 Å². The van der Waals surface area contributed by atoms with Gasteiger partial charge in [-0.25, -0.2) is 0 Å². The van der Waals surface area contributed by atoms with Crippen molar-refractivity contribution in [2.45, 2.75) is 39.0 Å². The average Bonchev–Trinajstić information content (AvgIpc) is 2.72. The van der Waals surface area contributed by atoms with Crippen LogP contribution in [0.3, 0.4) is 0 Å². The maximum Gasteiger partial charge on any atom is -0.0294 e. The molecular weight excluding hydrogens is 120 g/mol. The molecule has 0 radical (unpaired) electrons. The van der Waals surface area contributed by atoms with Crippen molar-refractivity contribution >= 4 is 0 Å². The summed E-state index contributed by atoms with van der Waals surface area (Å²) in [5.41, 5.74) is 0.769. The van der Waals surface area contributed by atoms with Crippen molar-refractivity contribution in [2.24, 2.45) is 11.3 Å². The van der Waals surface area contributed by atoms with Crippen LogP contribution < -0.4 is 0 Å². The molecule has 10 heavy (non-hydrogen) atoms. The van der Waals surface area contributed by atoms with Gasteiger partial charge in [0.1, 0.15) is 0 Å². The zero-order chi connectivity index (χ0) is 7.03. The monoisotopic (exact) mass is 136 g/mol. The molecule has 1 saturated carbocycles. The van der Waals surface area contributed by atoms with Gasteiger partial charge in [0.25, 0.3) is 0 Å². The number of allylic oxidation sites excluding steroid dienone is 2. The smallest absolute Gasteiger partial charge is 0.0294 e. The molecule has 2 aliphatic carbocycles. The largest absolute Gasteiger partial charge is 0.0885 e. The van der Waals surface area contributed by atoms with E-state index >= 15 is 0 Å². The minimum atomic E-state index is 0.769. The van der Waals surface area contributed by atoms with Gasteiger partial charge in [-0.2, -0.15) is 0 Å². The normalized spacial score (nSPS) is 35.9. The van der Waals surface area contributed by atoms with Crippen molar-refractivity contribution in [3.05, 3.63) is 12.2 Å². The fourth-order valence-electron chi connectivity index (χ4n) is 2.03. The summed E-state index contributed by atoms with van der Waals surface area (Å²) >= 11 is 0. The highest BCUT2D eigenvalue weighted by atomic mass is 14.5. The van der Waals surface area contributed by atoms with Crippen LogP contribution in [-0.4, -0.2) is 0 Å². The third-order valence-corrected chi connectivity index (χ3v) is 3.29. The fourth-order valence-corrected chi connectivity index (χ4v) is 2.03. The molecule has 0 aliphatic heterocycles. The molecule has 1 atom stereocenters. The summed E-state index contributed by atoms with van der Waals surface area (Å²) in [6.45, 7) is 2.46. The number of hydrogen-bond donors (Lipinski definition) is 0. The first-order valence-corrected chi connectivity index (χ1v) is 4.46. The summed E-state index contributed by atoms with van der Waals surface area (Å²) < 4.78 is 0. The molecule has 0 aromatic rings. The first-order chi connectivity index (χ1) is 4.81. The summed E-state index contributed by atoms with van der Waals surface area (Å²) in [6.07, 6.45) is 11.8. The quantitative estimate of drug-likeness (QED) is 0.486. The van der Waals surface area contributed by atoms with E-state index in [0.717, 1.165) is 11.3 Å². The van der Waals surface area contributed by atoms with Crippen molar-refractivity contribution in [3.8, 4) is 0 Å². The number of rotatable bonds is 1. The molecule has 0 aromatic heterocycles. The van der Waals surface area contributed by atoms with Crippen LogP contribution in [0.25, 0.3) is 0 Å². The van der Waals surface area contributed by atoms with Crippen molar-refractivity contribution in [3.63, 3.8) is 0 Å². The zero-order valence-corrected chi connectivity index (χ0v) is 6.77. The first-order valence-electron chi connectivity index (χ1n) is 4.46. The maximum atomic E-state index is 2.46. The van der Waals surface area contributed by atoms with E-state index in [1.54, 1.807) is 0 Å². The Kier molecular flexibility index (Phi) is 1.36. The van der Waals surface area contributed by atoms with E-state index in [4.69, 9.17) is 0 Å². The van der Waals surface area contributed by atoms with Gasteiger partial charge in [-0.1, -0.05) is 19.1 Å². The molecule has 0 heterocycles. The van der Waals surface area contributed by atoms with Crippen LogP contribution in [0.5, 0.6) is 0 Å². The van der Waals surface area contributed by atoms with E-state index in [2.05, 4.69) is 19.1 Å². The van der Waals surface area contributed by atoms with Gasteiger partial charge in [0, 0.05) is 0 Å². The Hall–Kier alpha value is -0.260. The molecule has 0 bridgehead atoms. The molecule has 1 fully saturated rings. The highest BCUT2D eigenvalue weighted by molar-refractivity contribution is 5.01. The molecule has 0 amide bonds. The maximum absolute atomic E-state index is 2.46. The van der Waals surface area contributed by atoms with Crippen LogP contribution in [0.1, 0.15) is 39.0 Å². The van der Waals surface area contributed by atoms with E-state index in [-0.39, 0.29) is 0 Å². The lowest BCUT2D eigenvalue weighted by Crippen LogP contribution is -2.13. The van der Waals surface area contributed by atoms with Crippen LogP contribution in [0.15, 0.2) is 12.2 Å². The van der Waals surface area contributed by atoms with Gasteiger partial charge in [-0.05, 0) is 43.4 Å². The summed E-state index contributed by atoms with van der Waals surface area (Å²) in [6, 6.07) is 0. The average molecular weight is 136 g/mol. The van der Waals surface area contributed by atoms with Gasteiger partial charge in [0.05, 0.1) is 0 Å². The van der Waals surface area contributed by atoms with Crippen molar-refractivity contribution in [2.75, 3.05) is 0 Å². The Morgan fingerprint density at radius 3 is 2.60 bits per heavy atom. The Bertz CT molecular complexity index is 151. The summed E-state index contributed by atoms with van der Waals surface area (Å²) in [5.74, 6) is 1.03. The Balaban J connectivity index is 1.99. The molecular formula is C10H16. The zero-order valence-electron chi connectivity index (χ0n) is 6.77. The Labute approximate surface area is 63.3 Å². The van der Waals surface area contributed by atoms with E-state index < -0.39 is 0 Å². The van der Waals surface area contributed by atoms with Gasteiger partial charge >= 0.3 is 0 Å². The lowest BCUT2D eigenvalue weighted by molar-refractivity contribution is 0.310. The Morgan fingerprint density at radius 1 is 1.30 bits per heavy atom. The van der Waals surface area contributed by atoms with E-state index in [9.17, 15) is 0 Å². The third kappa shape index (κ3) is 1.00. The van der Waals surface area contributed by atoms with Crippen LogP contribution in [0.4, 0.5) is 0 Å². The van der Waals surface area contributed by atoms with Gasteiger partial charge < -0.3 is 0 Å². The summed E-state index contributed by atoms with van der Waals surface area (Å²) in [5, 5.41) is 0. The molecule has 56 valence electrons. The van der Waals surface area contributed by atoms with Crippen LogP contribution in [0.2, 0.25) is 0 Å². The van der Waals surface area contributed by atoms with E-state index in [1.807, 2.05) is 0 Å². The second kappa shape index (κ2) is 2.11. The Morgan fingerprint density at radius 2 is 2.10 bits per heavy atom. The third-order valence-electron chi connectivity index (χ3n) is 3.29. The molecule has 0 heteroatoms. The van der Waals surface area contributed by atoms with Crippen LogP contribution >= 0.6 is 0 Å². The molecule has 0 saturated heterocycles. The predicted octanol–water partition coefficient (Wildman–Crippen LogP) is 3.14.